The summed E-state index contributed by atoms with van der Waals surface area (Å²) in [6.45, 7) is 4.52. The molecule has 1 amide bonds. The highest BCUT2D eigenvalue weighted by Gasteiger charge is 2.50. The summed E-state index contributed by atoms with van der Waals surface area (Å²) in [5, 5.41) is 14.2. The first-order valence-electron chi connectivity index (χ1n) is 10.8. The van der Waals surface area contributed by atoms with Crippen LogP contribution in [-0.4, -0.2) is 89.2 Å². The molecular weight excluding hydrogens is 504 g/mol. The highest BCUT2D eigenvalue weighted by atomic mass is 19.4. The maximum Gasteiger partial charge on any atom is 0.490 e. The number of aromatic nitrogens is 1. The van der Waals surface area contributed by atoms with Crippen LogP contribution in [-0.2, 0) is 19.1 Å². The predicted octanol–water partition coefficient (Wildman–Crippen LogP) is 2.96. The van der Waals surface area contributed by atoms with Gasteiger partial charge in [-0.2, -0.15) is 26.3 Å². The van der Waals surface area contributed by atoms with E-state index in [1.807, 2.05) is 17.0 Å². The number of nitrogens with zero attached hydrogens (tertiary/aromatic N) is 3. The van der Waals surface area contributed by atoms with Crippen LogP contribution in [0.15, 0.2) is 24.5 Å². The monoisotopic (exact) mass is 529 g/mol. The minimum Gasteiger partial charge on any atom is -0.475 e. The maximum absolute atomic E-state index is 13.1. The fourth-order valence-electron chi connectivity index (χ4n) is 4.25. The Morgan fingerprint density at radius 2 is 1.67 bits per heavy atom. The Balaban J connectivity index is 0.000000271. The van der Waals surface area contributed by atoms with Gasteiger partial charge in [-0.3, -0.25) is 14.7 Å². The summed E-state index contributed by atoms with van der Waals surface area (Å²) in [6, 6.07) is 4.39. The quantitative estimate of drug-likeness (QED) is 0.562. The molecule has 4 rings (SSSR count). The minimum absolute atomic E-state index is 0.184. The van der Waals surface area contributed by atoms with Crippen LogP contribution < -0.4 is 4.90 Å². The number of ether oxygens (including phenoxy) is 1. The number of carbonyl (C=O) groups is 3. The average Bonchev–Trinajstić information content (AvgIpc) is 3.44. The summed E-state index contributed by atoms with van der Waals surface area (Å²) in [7, 11) is 0. The van der Waals surface area contributed by atoms with E-state index in [4.69, 9.17) is 24.5 Å². The molecule has 15 heteroatoms. The van der Waals surface area contributed by atoms with E-state index in [1.165, 1.54) is 0 Å². The molecule has 0 radical (unpaired) electrons. The summed E-state index contributed by atoms with van der Waals surface area (Å²) in [6.07, 6.45) is -2.41. The minimum atomic E-state index is -5.08. The molecule has 202 valence electrons. The summed E-state index contributed by atoms with van der Waals surface area (Å²) in [5.74, 6) is -5.22. The van der Waals surface area contributed by atoms with Gasteiger partial charge >= 0.3 is 24.3 Å². The molecule has 0 bridgehead atoms. The Hall–Kier alpha value is -2.94. The lowest BCUT2D eigenvalue weighted by Gasteiger charge is -2.41. The third-order valence-electron chi connectivity index (χ3n) is 5.98. The van der Waals surface area contributed by atoms with Gasteiger partial charge < -0.3 is 19.8 Å². The van der Waals surface area contributed by atoms with Crippen LogP contribution in [0.4, 0.5) is 32.0 Å². The first-order valence-corrected chi connectivity index (χ1v) is 10.8. The Morgan fingerprint density at radius 1 is 1.06 bits per heavy atom. The van der Waals surface area contributed by atoms with Gasteiger partial charge in [0.05, 0.1) is 23.9 Å². The molecule has 9 nitrogen and oxygen atoms in total. The van der Waals surface area contributed by atoms with Crippen LogP contribution in [0, 0.1) is 5.41 Å². The Kier molecular flexibility index (Phi) is 9.65. The van der Waals surface area contributed by atoms with Crippen LogP contribution in [0.25, 0.3) is 0 Å². The van der Waals surface area contributed by atoms with Gasteiger partial charge in [0.2, 0.25) is 5.91 Å². The van der Waals surface area contributed by atoms with Crippen molar-refractivity contribution in [2.45, 2.75) is 44.1 Å². The van der Waals surface area contributed by atoms with Crippen LogP contribution in [0.3, 0.4) is 0 Å². The molecule has 36 heavy (non-hydrogen) atoms. The van der Waals surface area contributed by atoms with Crippen molar-refractivity contribution in [1.82, 2.24) is 9.88 Å². The van der Waals surface area contributed by atoms with Gasteiger partial charge in [0.15, 0.2) is 0 Å². The van der Waals surface area contributed by atoms with Crippen molar-refractivity contribution < 1.29 is 55.7 Å². The van der Waals surface area contributed by atoms with E-state index in [0.29, 0.717) is 11.9 Å². The lowest BCUT2D eigenvalue weighted by molar-refractivity contribution is -0.193. The van der Waals surface area contributed by atoms with Crippen molar-refractivity contribution in [2.24, 2.45) is 5.41 Å². The molecule has 3 aliphatic heterocycles. The zero-order valence-electron chi connectivity index (χ0n) is 18.9. The molecule has 4 heterocycles. The van der Waals surface area contributed by atoms with Gasteiger partial charge in [-0.25, -0.2) is 9.59 Å². The number of pyridine rings is 1. The normalized spacial score (nSPS) is 24.6. The van der Waals surface area contributed by atoms with Gasteiger partial charge in [0.25, 0.3) is 0 Å². The summed E-state index contributed by atoms with van der Waals surface area (Å²) in [5.41, 5.74) is 0.752. The van der Waals surface area contributed by atoms with Crippen molar-refractivity contribution in [3.8, 4) is 0 Å². The summed E-state index contributed by atoms with van der Waals surface area (Å²) in [4.78, 5) is 39.5. The third-order valence-corrected chi connectivity index (χ3v) is 5.98. The smallest absolute Gasteiger partial charge is 0.475 e. The van der Waals surface area contributed by atoms with Crippen molar-refractivity contribution >= 4 is 23.5 Å². The first kappa shape index (κ1) is 29.3. The van der Waals surface area contributed by atoms with Crippen LogP contribution in [0.1, 0.15) is 25.7 Å². The van der Waals surface area contributed by atoms with Crippen LogP contribution >= 0.6 is 0 Å². The molecular formula is C21H25F6N3O6. The largest absolute Gasteiger partial charge is 0.490 e. The number of carboxylic acid groups (broad SMARTS) is 2. The van der Waals surface area contributed by atoms with Crippen LogP contribution in [0.5, 0.6) is 0 Å². The topological polar surface area (TPSA) is 120 Å². The number of halogens is 6. The van der Waals surface area contributed by atoms with Crippen LogP contribution in [0.2, 0.25) is 0 Å². The van der Waals surface area contributed by atoms with E-state index in [1.54, 1.807) is 12.4 Å². The molecule has 1 aromatic rings. The third kappa shape index (κ3) is 7.78. The number of alkyl halides is 6. The lowest BCUT2D eigenvalue weighted by atomic mass is 9.78. The fourth-order valence-corrected chi connectivity index (χ4v) is 4.25. The van der Waals surface area contributed by atoms with Gasteiger partial charge in [-0.05, 0) is 44.4 Å². The van der Waals surface area contributed by atoms with E-state index < -0.39 is 24.3 Å². The number of rotatable bonds is 2. The van der Waals surface area contributed by atoms with E-state index in [2.05, 4.69) is 9.88 Å². The van der Waals surface area contributed by atoms with E-state index in [-0.39, 0.29) is 5.41 Å². The average molecular weight is 529 g/mol. The number of hydrogen-bond donors (Lipinski definition) is 2. The second-order valence-electron chi connectivity index (χ2n) is 8.40. The summed E-state index contributed by atoms with van der Waals surface area (Å²) < 4.78 is 69.0. The molecule has 0 aromatic carbocycles. The van der Waals surface area contributed by atoms with Gasteiger partial charge in [-0.1, -0.05) is 0 Å². The molecule has 1 spiro atoms. The van der Waals surface area contributed by atoms with Gasteiger partial charge in [0.1, 0.15) is 0 Å². The number of aliphatic carboxylic acids is 2. The Labute approximate surface area is 201 Å². The molecule has 1 aromatic heterocycles. The molecule has 3 aliphatic rings. The van der Waals surface area contributed by atoms with Crippen molar-refractivity contribution in [3.63, 3.8) is 0 Å². The first-order chi connectivity index (χ1) is 16.7. The number of likely N-dealkylation sites (tertiary alicyclic amines) is 1. The SMILES string of the molecule is O=C(O)C(F)(F)F.O=C(O)C(F)(F)F.O=C1N(c2cccnc2)CCC12CCCN(C1CCOC1)C2. The molecule has 0 saturated carbocycles. The van der Waals surface area contributed by atoms with E-state index in [9.17, 15) is 31.1 Å². The zero-order chi connectivity index (χ0) is 27.1. The van der Waals surface area contributed by atoms with Crippen molar-refractivity contribution in [3.05, 3.63) is 24.5 Å². The number of hydrogen-bond acceptors (Lipinski definition) is 6. The molecule has 3 saturated heterocycles. The molecule has 2 N–H and O–H groups in total. The number of amides is 1. The van der Waals surface area contributed by atoms with E-state index >= 15 is 0 Å². The number of carbonyl (C=O) groups excluding carboxylic acids is 1. The second-order valence-corrected chi connectivity index (χ2v) is 8.40. The van der Waals surface area contributed by atoms with Crippen molar-refractivity contribution in [2.75, 3.05) is 37.7 Å². The molecule has 2 unspecified atom stereocenters. The van der Waals surface area contributed by atoms with Gasteiger partial charge in [-0.15, -0.1) is 0 Å². The second kappa shape index (κ2) is 11.9. The Morgan fingerprint density at radius 3 is 2.14 bits per heavy atom. The highest BCUT2D eigenvalue weighted by molar-refractivity contribution is 6.00. The number of carboxylic acids is 2. The van der Waals surface area contributed by atoms with Gasteiger partial charge in [0, 0.05) is 31.9 Å². The number of anilines is 1. The Bertz CT molecular complexity index is 884. The molecule has 3 fully saturated rings. The lowest BCUT2D eigenvalue weighted by Crippen LogP contribution is -2.51. The van der Waals surface area contributed by atoms with Crippen molar-refractivity contribution in [1.29, 1.82) is 0 Å². The number of piperidine rings is 1. The summed E-state index contributed by atoms with van der Waals surface area (Å²) >= 11 is 0. The predicted molar refractivity (Wildman–Crippen MR) is 111 cm³/mol. The standard InChI is InChI=1S/C17H23N3O2.2C2HF3O2/c21-16-17(6-9-20(16)14-3-1-7-18-11-14)5-2-8-19(13-17)15-4-10-22-12-15;2*3-2(4,5)1(6)7/h1,3,7,11,15H,2,4-6,8-10,12-13H2;2*(H,6,7). The fraction of sp³-hybridized carbons (Fsp3) is 0.619. The maximum atomic E-state index is 13.1. The zero-order valence-corrected chi connectivity index (χ0v) is 18.9. The highest BCUT2D eigenvalue weighted by Crippen LogP contribution is 2.42. The molecule has 0 aliphatic carbocycles. The molecule has 2 atom stereocenters. The van der Waals surface area contributed by atoms with E-state index in [0.717, 1.165) is 64.2 Å².